The van der Waals surface area contributed by atoms with Gasteiger partial charge >= 0.3 is 17.9 Å². The standard InChI is InChI=1S/C18H21N3O7S/c1-4-27-17(25)13-10(3)14(18(26)28-5-2)29-15(13)19-12(22)7-9-21-8-6-11(20-21)16(23)24/h6,8H,4-5,7,9H2,1-3H3,(H,19,22)(H,23,24). The number of rotatable bonds is 9. The van der Waals surface area contributed by atoms with Gasteiger partial charge in [-0.15, -0.1) is 11.3 Å². The Kier molecular flexibility index (Phi) is 7.48. The maximum Gasteiger partial charge on any atom is 0.356 e. The molecule has 2 aromatic rings. The predicted molar refractivity (Wildman–Crippen MR) is 103 cm³/mol. The van der Waals surface area contributed by atoms with Crippen LogP contribution >= 0.6 is 11.3 Å². The number of thiophene rings is 1. The number of carboxylic acid groups (broad SMARTS) is 1. The number of aromatic carboxylic acids is 1. The highest BCUT2D eigenvalue weighted by Crippen LogP contribution is 2.34. The first-order valence-electron chi connectivity index (χ1n) is 8.82. The molecule has 10 nitrogen and oxygen atoms in total. The number of aromatic nitrogens is 2. The Balaban J connectivity index is 2.17. The highest BCUT2D eigenvalue weighted by Gasteiger charge is 2.27. The molecule has 0 aliphatic heterocycles. The minimum absolute atomic E-state index is 0.0192. The van der Waals surface area contributed by atoms with E-state index in [4.69, 9.17) is 14.6 Å². The number of carboxylic acids is 1. The molecule has 2 aromatic heterocycles. The van der Waals surface area contributed by atoms with Gasteiger partial charge in [0.2, 0.25) is 5.91 Å². The zero-order valence-electron chi connectivity index (χ0n) is 16.2. The van der Waals surface area contributed by atoms with Crippen LogP contribution in [0.15, 0.2) is 12.3 Å². The summed E-state index contributed by atoms with van der Waals surface area (Å²) < 4.78 is 11.4. The van der Waals surface area contributed by atoms with Gasteiger partial charge in [0.1, 0.15) is 9.88 Å². The summed E-state index contributed by atoms with van der Waals surface area (Å²) in [5.41, 5.74) is 0.365. The van der Waals surface area contributed by atoms with Crippen molar-refractivity contribution in [3.8, 4) is 0 Å². The van der Waals surface area contributed by atoms with E-state index < -0.39 is 23.8 Å². The van der Waals surface area contributed by atoms with E-state index in [-0.39, 0.29) is 47.3 Å². The van der Waals surface area contributed by atoms with Crippen LogP contribution in [0.1, 0.15) is 56.3 Å². The Morgan fingerprint density at radius 3 is 2.41 bits per heavy atom. The molecule has 0 unspecified atom stereocenters. The normalized spacial score (nSPS) is 10.4. The first-order valence-corrected chi connectivity index (χ1v) is 9.64. The molecule has 29 heavy (non-hydrogen) atoms. The topological polar surface area (TPSA) is 137 Å². The van der Waals surface area contributed by atoms with Gasteiger partial charge in [0.25, 0.3) is 0 Å². The van der Waals surface area contributed by atoms with E-state index in [2.05, 4.69) is 10.4 Å². The van der Waals surface area contributed by atoms with E-state index in [1.807, 2.05) is 0 Å². The Morgan fingerprint density at radius 1 is 1.17 bits per heavy atom. The second-order valence-corrected chi connectivity index (χ2v) is 6.79. The molecule has 0 saturated carbocycles. The number of nitrogens with zero attached hydrogens (tertiary/aromatic N) is 2. The molecule has 0 fully saturated rings. The lowest BCUT2D eigenvalue weighted by Gasteiger charge is -2.07. The maximum atomic E-state index is 12.3. The number of hydrogen-bond acceptors (Lipinski definition) is 8. The van der Waals surface area contributed by atoms with Gasteiger partial charge in [-0.2, -0.15) is 5.10 Å². The molecule has 2 rings (SSSR count). The fourth-order valence-corrected chi connectivity index (χ4v) is 3.55. The molecule has 1 amide bonds. The number of nitrogens with one attached hydrogen (secondary N) is 1. The van der Waals surface area contributed by atoms with Crippen LogP contribution in [0.2, 0.25) is 0 Å². The van der Waals surface area contributed by atoms with Gasteiger partial charge in [-0.25, -0.2) is 14.4 Å². The smallest absolute Gasteiger partial charge is 0.356 e. The lowest BCUT2D eigenvalue weighted by atomic mass is 10.1. The first kappa shape index (κ1) is 22.1. The highest BCUT2D eigenvalue weighted by atomic mass is 32.1. The van der Waals surface area contributed by atoms with E-state index in [9.17, 15) is 19.2 Å². The third kappa shape index (κ3) is 5.41. The van der Waals surface area contributed by atoms with E-state index in [0.29, 0.717) is 5.56 Å². The van der Waals surface area contributed by atoms with Crippen LogP contribution in [0.4, 0.5) is 5.00 Å². The number of anilines is 1. The Morgan fingerprint density at radius 2 is 1.83 bits per heavy atom. The van der Waals surface area contributed by atoms with Crippen molar-refractivity contribution in [3.63, 3.8) is 0 Å². The Hall–Kier alpha value is -3.21. The van der Waals surface area contributed by atoms with Gasteiger partial charge < -0.3 is 19.9 Å². The SMILES string of the molecule is CCOC(=O)c1sc(NC(=O)CCn2ccc(C(=O)O)n2)c(C(=O)OCC)c1C. The summed E-state index contributed by atoms with van der Waals surface area (Å²) in [6, 6.07) is 1.33. The zero-order valence-corrected chi connectivity index (χ0v) is 17.0. The largest absolute Gasteiger partial charge is 0.476 e. The van der Waals surface area contributed by atoms with E-state index in [1.165, 1.54) is 16.9 Å². The maximum absolute atomic E-state index is 12.3. The van der Waals surface area contributed by atoms with Gasteiger partial charge in [0.15, 0.2) is 5.69 Å². The van der Waals surface area contributed by atoms with Crippen molar-refractivity contribution in [3.05, 3.63) is 34.0 Å². The third-order valence-corrected chi connectivity index (χ3v) is 4.96. The van der Waals surface area contributed by atoms with Gasteiger partial charge in [-0.3, -0.25) is 9.48 Å². The number of ether oxygens (including phenoxy) is 2. The number of carbonyl (C=O) groups excluding carboxylic acids is 3. The number of esters is 2. The van der Waals surface area contributed by atoms with Crippen molar-refractivity contribution in [2.45, 2.75) is 33.7 Å². The van der Waals surface area contributed by atoms with E-state index >= 15 is 0 Å². The average Bonchev–Trinajstić information content (AvgIpc) is 3.25. The van der Waals surface area contributed by atoms with Crippen LogP contribution in [-0.4, -0.2) is 51.9 Å². The molecule has 0 aliphatic rings. The molecule has 0 radical (unpaired) electrons. The van der Waals surface area contributed by atoms with Gasteiger partial charge in [-0.05, 0) is 32.4 Å². The van der Waals surface area contributed by atoms with Crippen molar-refractivity contribution >= 4 is 40.2 Å². The fraction of sp³-hybridized carbons (Fsp3) is 0.389. The summed E-state index contributed by atoms with van der Waals surface area (Å²) in [5.74, 6) is -2.82. The summed E-state index contributed by atoms with van der Waals surface area (Å²) >= 11 is 0.939. The lowest BCUT2D eigenvalue weighted by Crippen LogP contribution is -2.17. The number of carbonyl (C=O) groups is 4. The van der Waals surface area contributed by atoms with Crippen molar-refractivity contribution in [1.82, 2.24) is 9.78 Å². The number of hydrogen-bond donors (Lipinski definition) is 2. The second-order valence-electron chi connectivity index (χ2n) is 5.77. The summed E-state index contributed by atoms with van der Waals surface area (Å²) in [5, 5.41) is 15.5. The summed E-state index contributed by atoms with van der Waals surface area (Å²) in [6.07, 6.45) is 1.43. The molecule has 0 bridgehead atoms. The van der Waals surface area contributed by atoms with Crippen LogP contribution < -0.4 is 5.32 Å². The van der Waals surface area contributed by atoms with Crippen LogP contribution in [0.25, 0.3) is 0 Å². The van der Waals surface area contributed by atoms with Gasteiger partial charge in [0.05, 0.1) is 18.8 Å². The lowest BCUT2D eigenvalue weighted by molar-refractivity contribution is -0.116. The first-order chi connectivity index (χ1) is 13.8. The Bertz CT molecular complexity index is 932. The Labute approximate surface area is 170 Å². The molecule has 156 valence electrons. The van der Waals surface area contributed by atoms with Crippen molar-refractivity contribution in [2.24, 2.45) is 0 Å². The molecular formula is C18H21N3O7S. The highest BCUT2D eigenvalue weighted by molar-refractivity contribution is 7.18. The van der Waals surface area contributed by atoms with E-state index in [0.717, 1.165) is 11.3 Å². The van der Waals surface area contributed by atoms with Crippen molar-refractivity contribution in [2.75, 3.05) is 18.5 Å². The molecule has 0 spiro atoms. The summed E-state index contributed by atoms with van der Waals surface area (Å²) in [4.78, 5) is 47.9. The zero-order chi connectivity index (χ0) is 21.6. The third-order valence-electron chi connectivity index (χ3n) is 3.77. The van der Waals surface area contributed by atoms with E-state index in [1.54, 1.807) is 20.8 Å². The fourth-order valence-electron chi connectivity index (χ4n) is 2.45. The summed E-state index contributed by atoms with van der Waals surface area (Å²) in [7, 11) is 0. The quantitative estimate of drug-likeness (QED) is 0.586. The monoisotopic (exact) mass is 423 g/mol. The molecule has 0 aromatic carbocycles. The number of amides is 1. The molecular weight excluding hydrogens is 402 g/mol. The predicted octanol–water partition coefficient (Wildman–Crippen LogP) is 2.33. The summed E-state index contributed by atoms with van der Waals surface area (Å²) in [6.45, 7) is 5.36. The molecule has 2 heterocycles. The van der Waals surface area contributed by atoms with Crippen LogP contribution in [0.3, 0.4) is 0 Å². The average molecular weight is 423 g/mol. The number of aryl methyl sites for hydroxylation is 1. The van der Waals surface area contributed by atoms with Crippen LogP contribution in [0.5, 0.6) is 0 Å². The molecule has 2 N–H and O–H groups in total. The molecule has 11 heteroatoms. The van der Waals surface area contributed by atoms with Gasteiger partial charge in [-0.1, -0.05) is 0 Å². The van der Waals surface area contributed by atoms with Crippen molar-refractivity contribution in [1.29, 1.82) is 0 Å². The minimum atomic E-state index is -1.16. The van der Waals surface area contributed by atoms with Gasteiger partial charge in [0, 0.05) is 19.2 Å². The second kappa shape index (κ2) is 9.82. The molecule has 0 aliphatic carbocycles. The van der Waals surface area contributed by atoms with Crippen molar-refractivity contribution < 1.29 is 33.8 Å². The van der Waals surface area contributed by atoms with Crippen LogP contribution in [-0.2, 0) is 20.8 Å². The minimum Gasteiger partial charge on any atom is -0.476 e. The molecule has 0 atom stereocenters. The van der Waals surface area contributed by atoms with Crippen LogP contribution in [0, 0.1) is 6.92 Å². The molecule has 0 saturated heterocycles.